The molecule has 19 heavy (non-hydrogen) atoms. The lowest BCUT2D eigenvalue weighted by molar-refractivity contribution is -0.130. The highest BCUT2D eigenvalue weighted by Gasteiger charge is 2.17. The number of rotatable bonds is 7. The van der Waals surface area contributed by atoms with Gasteiger partial charge in [0, 0.05) is 32.1 Å². The van der Waals surface area contributed by atoms with Gasteiger partial charge in [-0.2, -0.15) is 0 Å². The van der Waals surface area contributed by atoms with E-state index < -0.39 is 0 Å². The van der Waals surface area contributed by atoms with E-state index in [4.69, 9.17) is 0 Å². The number of nitrogens with one attached hydrogen (secondary N) is 2. The maximum Gasteiger partial charge on any atom is 0.234 e. The molecule has 2 N–H and O–H groups in total. The van der Waals surface area contributed by atoms with Gasteiger partial charge in [-0.25, -0.2) is 0 Å². The number of carbonyl (C=O) groups is 2. The van der Waals surface area contributed by atoms with Gasteiger partial charge in [-0.3, -0.25) is 9.59 Å². The molecule has 2 amide bonds. The Morgan fingerprint density at radius 1 is 1.16 bits per heavy atom. The molecule has 1 fully saturated rings. The van der Waals surface area contributed by atoms with Crippen LogP contribution in [0.4, 0.5) is 0 Å². The molecule has 0 aromatic heterocycles. The monoisotopic (exact) mass is 269 g/mol. The van der Waals surface area contributed by atoms with E-state index >= 15 is 0 Å². The third kappa shape index (κ3) is 6.05. The number of amides is 2. The SMILES string of the molecule is CC(C)C(C)NC(=O)CNCCC(=O)N1CCCC1. The van der Waals surface area contributed by atoms with Crippen LogP contribution in [0, 0.1) is 5.92 Å². The van der Waals surface area contributed by atoms with Crippen LogP contribution in [0.1, 0.15) is 40.0 Å². The van der Waals surface area contributed by atoms with Crippen molar-refractivity contribution in [3.63, 3.8) is 0 Å². The predicted octanol–water partition coefficient (Wildman–Crippen LogP) is 0.749. The van der Waals surface area contributed by atoms with Crippen LogP contribution in [0.2, 0.25) is 0 Å². The highest BCUT2D eigenvalue weighted by Crippen LogP contribution is 2.08. The van der Waals surface area contributed by atoms with E-state index in [1.165, 1.54) is 0 Å². The molecule has 1 atom stereocenters. The fraction of sp³-hybridized carbons (Fsp3) is 0.857. The van der Waals surface area contributed by atoms with Gasteiger partial charge in [0.1, 0.15) is 0 Å². The summed E-state index contributed by atoms with van der Waals surface area (Å²) in [5.74, 6) is 0.622. The Morgan fingerprint density at radius 2 is 1.79 bits per heavy atom. The maximum atomic E-state index is 11.7. The molecule has 110 valence electrons. The van der Waals surface area contributed by atoms with Gasteiger partial charge in [0.25, 0.3) is 0 Å². The summed E-state index contributed by atoms with van der Waals surface area (Å²) >= 11 is 0. The zero-order chi connectivity index (χ0) is 14.3. The van der Waals surface area contributed by atoms with Crippen molar-refractivity contribution in [2.24, 2.45) is 5.92 Å². The quantitative estimate of drug-likeness (QED) is 0.670. The van der Waals surface area contributed by atoms with Crippen molar-refractivity contribution >= 4 is 11.8 Å². The lowest BCUT2D eigenvalue weighted by Crippen LogP contribution is -2.42. The fourth-order valence-electron chi connectivity index (χ4n) is 1.99. The van der Waals surface area contributed by atoms with Crippen molar-refractivity contribution in [2.75, 3.05) is 26.2 Å². The van der Waals surface area contributed by atoms with Crippen LogP contribution in [0.25, 0.3) is 0 Å². The number of likely N-dealkylation sites (tertiary alicyclic amines) is 1. The average Bonchev–Trinajstić information content (AvgIpc) is 2.88. The molecule has 1 saturated heterocycles. The second kappa shape index (κ2) is 8.15. The molecule has 0 aromatic carbocycles. The van der Waals surface area contributed by atoms with Gasteiger partial charge < -0.3 is 15.5 Å². The van der Waals surface area contributed by atoms with Gasteiger partial charge in [0.2, 0.25) is 11.8 Å². The largest absolute Gasteiger partial charge is 0.352 e. The molecule has 0 aliphatic carbocycles. The fourth-order valence-corrected chi connectivity index (χ4v) is 1.99. The molecule has 1 unspecified atom stereocenters. The van der Waals surface area contributed by atoms with Crippen LogP contribution in [-0.4, -0.2) is 48.9 Å². The van der Waals surface area contributed by atoms with E-state index in [1.54, 1.807) is 0 Å². The average molecular weight is 269 g/mol. The minimum Gasteiger partial charge on any atom is -0.352 e. The van der Waals surface area contributed by atoms with E-state index in [9.17, 15) is 9.59 Å². The topological polar surface area (TPSA) is 61.4 Å². The molecule has 0 bridgehead atoms. The zero-order valence-electron chi connectivity index (χ0n) is 12.4. The highest BCUT2D eigenvalue weighted by molar-refractivity contribution is 5.79. The van der Waals surface area contributed by atoms with E-state index in [0.717, 1.165) is 25.9 Å². The summed E-state index contributed by atoms with van der Waals surface area (Å²) in [7, 11) is 0. The van der Waals surface area contributed by atoms with E-state index in [1.807, 2.05) is 11.8 Å². The molecule has 0 aromatic rings. The smallest absolute Gasteiger partial charge is 0.234 e. The predicted molar refractivity (Wildman–Crippen MR) is 75.7 cm³/mol. The standard InChI is InChI=1S/C14H27N3O2/c1-11(2)12(3)16-13(18)10-15-7-6-14(19)17-8-4-5-9-17/h11-12,15H,4-10H2,1-3H3,(H,16,18). The van der Waals surface area contributed by atoms with E-state index in [2.05, 4.69) is 24.5 Å². The van der Waals surface area contributed by atoms with Gasteiger partial charge in [-0.1, -0.05) is 13.8 Å². The molecule has 0 saturated carbocycles. The second-order valence-corrected chi connectivity index (χ2v) is 5.61. The number of nitrogens with zero attached hydrogens (tertiary/aromatic N) is 1. The van der Waals surface area contributed by atoms with Crippen LogP contribution in [0.15, 0.2) is 0 Å². The Balaban J connectivity index is 2.06. The number of hydrogen-bond acceptors (Lipinski definition) is 3. The number of carbonyl (C=O) groups excluding carboxylic acids is 2. The molecule has 5 heteroatoms. The van der Waals surface area contributed by atoms with Crippen LogP contribution in [0.3, 0.4) is 0 Å². The molecule has 1 rings (SSSR count). The van der Waals surface area contributed by atoms with Gasteiger partial charge in [0.15, 0.2) is 0 Å². The molecule has 5 nitrogen and oxygen atoms in total. The Kier molecular flexibility index (Phi) is 6.84. The lowest BCUT2D eigenvalue weighted by atomic mass is 10.1. The summed E-state index contributed by atoms with van der Waals surface area (Å²) in [4.78, 5) is 25.2. The minimum absolute atomic E-state index is 0.00479. The lowest BCUT2D eigenvalue weighted by Gasteiger charge is -2.18. The first-order chi connectivity index (χ1) is 9.00. The summed E-state index contributed by atoms with van der Waals surface area (Å²) in [6.45, 7) is 8.79. The van der Waals surface area contributed by atoms with Gasteiger partial charge >= 0.3 is 0 Å². The Hall–Kier alpha value is -1.10. The molecule has 1 aliphatic rings. The molecule has 0 spiro atoms. The Morgan fingerprint density at radius 3 is 2.37 bits per heavy atom. The molecular weight excluding hydrogens is 242 g/mol. The second-order valence-electron chi connectivity index (χ2n) is 5.61. The third-order valence-electron chi connectivity index (χ3n) is 3.65. The van der Waals surface area contributed by atoms with Crippen molar-refractivity contribution in [3.05, 3.63) is 0 Å². The Labute approximate surface area is 116 Å². The van der Waals surface area contributed by atoms with Gasteiger partial charge in [-0.15, -0.1) is 0 Å². The third-order valence-corrected chi connectivity index (χ3v) is 3.65. The number of hydrogen-bond donors (Lipinski definition) is 2. The first-order valence-corrected chi connectivity index (χ1v) is 7.28. The van der Waals surface area contributed by atoms with E-state index in [-0.39, 0.29) is 24.4 Å². The normalized spacial score (nSPS) is 16.7. The van der Waals surface area contributed by atoms with Crippen LogP contribution >= 0.6 is 0 Å². The van der Waals surface area contributed by atoms with Crippen molar-refractivity contribution in [1.82, 2.24) is 15.5 Å². The van der Waals surface area contributed by atoms with Gasteiger partial charge in [0.05, 0.1) is 6.54 Å². The summed E-state index contributed by atoms with van der Waals surface area (Å²) in [5.41, 5.74) is 0. The van der Waals surface area contributed by atoms with Crippen molar-refractivity contribution in [1.29, 1.82) is 0 Å². The summed E-state index contributed by atoms with van der Waals surface area (Å²) in [6.07, 6.45) is 2.72. The van der Waals surface area contributed by atoms with Crippen LogP contribution in [0.5, 0.6) is 0 Å². The minimum atomic E-state index is -0.00479. The first-order valence-electron chi connectivity index (χ1n) is 7.28. The summed E-state index contributed by atoms with van der Waals surface area (Å²) in [5, 5.41) is 5.95. The van der Waals surface area contributed by atoms with Crippen LogP contribution in [-0.2, 0) is 9.59 Å². The van der Waals surface area contributed by atoms with Crippen molar-refractivity contribution in [2.45, 2.75) is 46.1 Å². The summed E-state index contributed by atoms with van der Waals surface area (Å²) < 4.78 is 0. The zero-order valence-corrected chi connectivity index (χ0v) is 12.4. The molecular formula is C14H27N3O2. The van der Waals surface area contributed by atoms with Crippen molar-refractivity contribution in [3.8, 4) is 0 Å². The van der Waals surface area contributed by atoms with Crippen molar-refractivity contribution < 1.29 is 9.59 Å². The molecule has 1 heterocycles. The summed E-state index contributed by atoms with van der Waals surface area (Å²) in [6, 6.07) is 0.181. The molecule has 1 aliphatic heterocycles. The van der Waals surface area contributed by atoms with E-state index in [0.29, 0.717) is 18.9 Å². The maximum absolute atomic E-state index is 11.7. The van der Waals surface area contributed by atoms with Crippen LogP contribution < -0.4 is 10.6 Å². The van der Waals surface area contributed by atoms with Gasteiger partial charge in [-0.05, 0) is 25.7 Å². The molecule has 0 radical (unpaired) electrons. The first kappa shape index (κ1) is 16.0. The highest BCUT2D eigenvalue weighted by atomic mass is 16.2. The Bertz CT molecular complexity index is 299.